The van der Waals surface area contributed by atoms with E-state index in [0.29, 0.717) is 29.6 Å². The fourth-order valence-electron chi connectivity index (χ4n) is 4.26. The number of benzene rings is 2. The van der Waals surface area contributed by atoms with Gasteiger partial charge < -0.3 is 14.8 Å². The van der Waals surface area contributed by atoms with Crippen LogP contribution in [0.1, 0.15) is 65.9 Å². The molecule has 0 bridgehead atoms. The molecule has 2 atom stereocenters. The number of methoxy groups -OCH3 is 1. The molecule has 2 aromatic rings. The highest BCUT2D eigenvalue weighted by atomic mass is 32.2. The topological polar surface area (TPSA) is 84.9 Å². The molecule has 198 valence electrons. The monoisotopic (exact) mass is 516 g/mol. The second-order valence-corrected chi connectivity index (χ2v) is 12.3. The number of amides is 1. The van der Waals surface area contributed by atoms with Gasteiger partial charge in [0.1, 0.15) is 11.5 Å². The first-order valence-electron chi connectivity index (χ1n) is 12.8. The predicted molar refractivity (Wildman–Crippen MR) is 143 cm³/mol. The smallest absolute Gasteiger partial charge is 0.264 e. The number of carbonyl (C=O) groups is 1. The third kappa shape index (κ3) is 6.33. The highest BCUT2D eigenvalue weighted by Gasteiger charge is 2.38. The van der Waals surface area contributed by atoms with E-state index in [2.05, 4.69) is 39.9 Å². The lowest BCUT2D eigenvalue weighted by Gasteiger charge is -2.36. The molecule has 1 heterocycles. The van der Waals surface area contributed by atoms with Crippen molar-refractivity contribution in [2.45, 2.75) is 76.7 Å². The van der Waals surface area contributed by atoms with Crippen molar-refractivity contribution in [3.8, 4) is 11.5 Å². The molecule has 1 aliphatic heterocycles. The van der Waals surface area contributed by atoms with Crippen molar-refractivity contribution in [1.82, 2.24) is 5.32 Å². The average molecular weight is 517 g/mol. The molecule has 1 N–H and O–H groups in total. The molecule has 0 spiro atoms. The Morgan fingerprint density at radius 1 is 1.17 bits per heavy atom. The number of nitrogens with zero attached hydrogens (tertiary/aromatic N) is 1. The second-order valence-electron chi connectivity index (χ2n) is 10.4. The van der Waals surface area contributed by atoms with Crippen molar-refractivity contribution in [2.75, 3.05) is 24.5 Å². The van der Waals surface area contributed by atoms with Gasteiger partial charge in [0.25, 0.3) is 15.9 Å². The van der Waals surface area contributed by atoms with E-state index in [4.69, 9.17) is 9.47 Å². The summed E-state index contributed by atoms with van der Waals surface area (Å²) in [5.41, 5.74) is 1.23. The molecule has 0 radical (unpaired) electrons. The van der Waals surface area contributed by atoms with E-state index in [1.54, 1.807) is 18.2 Å². The molecule has 8 heteroatoms. The minimum absolute atomic E-state index is 0.105. The fourth-order valence-corrected chi connectivity index (χ4v) is 5.73. The Bertz CT molecular complexity index is 1140. The Morgan fingerprint density at radius 3 is 2.44 bits per heavy atom. The zero-order chi connectivity index (χ0) is 26.5. The summed E-state index contributed by atoms with van der Waals surface area (Å²) >= 11 is 0. The minimum atomic E-state index is -3.96. The zero-order valence-corrected chi connectivity index (χ0v) is 23.2. The van der Waals surface area contributed by atoms with Crippen molar-refractivity contribution in [3.05, 3.63) is 48.0 Å². The van der Waals surface area contributed by atoms with Crippen LogP contribution < -0.4 is 19.1 Å². The Labute approximate surface area is 216 Å². The van der Waals surface area contributed by atoms with E-state index in [0.717, 1.165) is 31.2 Å². The molecule has 1 aliphatic rings. The summed E-state index contributed by atoms with van der Waals surface area (Å²) in [4.78, 5) is 13.3. The van der Waals surface area contributed by atoms with Crippen LogP contribution in [-0.4, -0.2) is 40.6 Å². The molecule has 1 amide bonds. The zero-order valence-electron chi connectivity index (χ0n) is 22.3. The van der Waals surface area contributed by atoms with E-state index in [-0.39, 0.29) is 22.8 Å². The van der Waals surface area contributed by atoms with Gasteiger partial charge in [-0.25, -0.2) is 8.42 Å². The highest BCUT2D eigenvalue weighted by Crippen LogP contribution is 2.40. The lowest BCUT2D eigenvalue weighted by Crippen LogP contribution is -2.51. The summed E-state index contributed by atoms with van der Waals surface area (Å²) < 4.78 is 40.2. The van der Waals surface area contributed by atoms with Gasteiger partial charge in [-0.15, -0.1) is 0 Å². The molecular weight excluding hydrogens is 476 g/mol. The number of hydrogen-bond acceptors (Lipinski definition) is 5. The van der Waals surface area contributed by atoms with E-state index in [1.807, 2.05) is 12.1 Å². The average Bonchev–Trinajstić information content (AvgIpc) is 2.87. The number of sulfonamides is 1. The summed E-state index contributed by atoms with van der Waals surface area (Å²) in [5.74, 6) is 1.03. The van der Waals surface area contributed by atoms with Crippen LogP contribution in [-0.2, 0) is 20.2 Å². The molecule has 3 rings (SSSR count). The molecule has 0 fully saturated rings. The number of nitrogens with one attached hydrogen (secondary N) is 1. The summed E-state index contributed by atoms with van der Waals surface area (Å²) in [5, 5.41) is 3.00. The number of rotatable bonds is 10. The summed E-state index contributed by atoms with van der Waals surface area (Å²) in [6, 6.07) is 11.8. The van der Waals surface area contributed by atoms with Gasteiger partial charge in [-0.3, -0.25) is 9.10 Å². The first-order chi connectivity index (χ1) is 17.0. The number of fused-ring (bicyclic) bond motifs is 1. The van der Waals surface area contributed by atoms with Gasteiger partial charge in [0.2, 0.25) is 0 Å². The molecule has 0 saturated carbocycles. The normalized spacial score (nSPS) is 16.6. The number of unbranched alkanes of at least 4 members (excludes halogenated alkanes) is 1. The SMILES string of the molecule is CCCC[C@H](CC)CNC(=O)[C@H]1CN(S(=O)(=O)c2ccc(OC)cc2)c2cc(C(C)(C)C)ccc2O1. The maximum absolute atomic E-state index is 13.8. The number of anilines is 1. The van der Waals surface area contributed by atoms with Gasteiger partial charge >= 0.3 is 0 Å². The van der Waals surface area contributed by atoms with Crippen LogP contribution in [0.5, 0.6) is 11.5 Å². The van der Waals surface area contributed by atoms with Crippen molar-refractivity contribution >= 4 is 21.6 Å². The summed E-state index contributed by atoms with van der Waals surface area (Å²) in [7, 11) is -2.43. The Morgan fingerprint density at radius 2 is 1.86 bits per heavy atom. The van der Waals surface area contributed by atoms with Gasteiger partial charge in [0.05, 0.1) is 24.2 Å². The molecular formula is C28H40N2O5S. The van der Waals surface area contributed by atoms with Crippen LogP contribution in [0.15, 0.2) is 47.4 Å². The van der Waals surface area contributed by atoms with E-state index >= 15 is 0 Å². The highest BCUT2D eigenvalue weighted by molar-refractivity contribution is 7.92. The lowest BCUT2D eigenvalue weighted by atomic mass is 9.86. The van der Waals surface area contributed by atoms with E-state index in [1.165, 1.54) is 23.5 Å². The molecule has 0 unspecified atom stereocenters. The molecule has 7 nitrogen and oxygen atoms in total. The molecule has 0 aromatic heterocycles. The molecule has 0 aliphatic carbocycles. The maximum Gasteiger partial charge on any atom is 0.264 e. The molecule has 2 aromatic carbocycles. The van der Waals surface area contributed by atoms with Crippen LogP contribution >= 0.6 is 0 Å². The summed E-state index contributed by atoms with van der Waals surface area (Å²) in [6.07, 6.45) is 3.31. The first-order valence-corrected chi connectivity index (χ1v) is 14.2. The van der Waals surface area contributed by atoms with Crippen molar-refractivity contribution in [3.63, 3.8) is 0 Å². The standard InChI is InChI=1S/C28H40N2O5S/c1-7-9-10-20(8-2)18-29-27(31)26-19-30(36(32,33)23-14-12-22(34-6)13-15-23)24-17-21(28(3,4)5)11-16-25(24)35-26/h11-17,20,26H,7-10,18-19H2,1-6H3,(H,29,31)/t20-,26+/m0/s1. The number of ether oxygens (including phenoxy) is 2. The van der Waals surface area contributed by atoms with Crippen LogP contribution in [0.2, 0.25) is 0 Å². The number of hydrogen-bond donors (Lipinski definition) is 1. The van der Waals surface area contributed by atoms with Gasteiger partial charge in [0.15, 0.2) is 6.10 Å². The van der Waals surface area contributed by atoms with E-state index < -0.39 is 16.1 Å². The number of carbonyl (C=O) groups excluding carboxylic acids is 1. The third-order valence-corrected chi connectivity index (χ3v) is 8.54. The first kappa shape index (κ1) is 27.8. The quantitative estimate of drug-likeness (QED) is 0.464. The van der Waals surface area contributed by atoms with Crippen molar-refractivity contribution in [1.29, 1.82) is 0 Å². The third-order valence-electron chi connectivity index (χ3n) is 6.74. The fraction of sp³-hybridized carbons (Fsp3) is 0.536. The van der Waals surface area contributed by atoms with Gasteiger partial charge in [-0.05, 0) is 59.7 Å². The maximum atomic E-state index is 13.8. The second kappa shape index (κ2) is 11.5. The molecule has 36 heavy (non-hydrogen) atoms. The van der Waals surface area contributed by atoms with Crippen LogP contribution in [0.3, 0.4) is 0 Å². The largest absolute Gasteiger partial charge is 0.497 e. The van der Waals surface area contributed by atoms with Crippen molar-refractivity contribution in [2.24, 2.45) is 5.92 Å². The molecule has 0 saturated heterocycles. The van der Waals surface area contributed by atoms with Crippen LogP contribution in [0.4, 0.5) is 5.69 Å². The lowest BCUT2D eigenvalue weighted by molar-refractivity contribution is -0.127. The minimum Gasteiger partial charge on any atom is -0.497 e. The van der Waals surface area contributed by atoms with Gasteiger partial charge in [0, 0.05) is 6.54 Å². The Kier molecular flexibility index (Phi) is 8.93. The Balaban J connectivity index is 1.94. The van der Waals surface area contributed by atoms with Crippen LogP contribution in [0, 0.1) is 5.92 Å². The van der Waals surface area contributed by atoms with Gasteiger partial charge in [-0.2, -0.15) is 0 Å². The summed E-state index contributed by atoms with van der Waals surface area (Å²) in [6.45, 7) is 10.9. The van der Waals surface area contributed by atoms with Gasteiger partial charge in [-0.1, -0.05) is 59.9 Å². The predicted octanol–water partition coefficient (Wildman–Crippen LogP) is 5.28. The Hall–Kier alpha value is -2.74. The van der Waals surface area contributed by atoms with Crippen molar-refractivity contribution < 1.29 is 22.7 Å². The van der Waals surface area contributed by atoms with Crippen LogP contribution in [0.25, 0.3) is 0 Å². The van der Waals surface area contributed by atoms with E-state index in [9.17, 15) is 13.2 Å².